The van der Waals surface area contributed by atoms with Crippen LogP contribution in [-0.4, -0.2) is 22.6 Å². The van der Waals surface area contributed by atoms with Crippen molar-refractivity contribution in [3.63, 3.8) is 0 Å². The molecule has 2 heteroatoms. The zero-order valence-corrected chi connectivity index (χ0v) is 8.37. The van der Waals surface area contributed by atoms with Crippen LogP contribution >= 0.6 is 0 Å². The average Bonchev–Trinajstić information content (AvgIpc) is 2.76. The van der Waals surface area contributed by atoms with Crippen molar-refractivity contribution >= 4 is 0 Å². The minimum Gasteiger partial charge on any atom is -0.354 e. The van der Waals surface area contributed by atoms with Gasteiger partial charge in [0.05, 0.1) is 0 Å². The molecular weight excluding hydrogens is 160 g/mol. The van der Waals surface area contributed by atoms with Crippen LogP contribution in [0, 0.1) is 0 Å². The lowest BCUT2D eigenvalue weighted by atomic mass is 10.3. The molecule has 0 aromatic carbocycles. The Balaban J connectivity index is 1.92. The number of rotatable bonds is 3. The monoisotopic (exact) mass is 178 g/mol. The summed E-state index contributed by atoms with van der Waals surface area (Å²) in [5, 5.41) is 0. The summed E-state index contributed by atoms with van der Waals surface area (Å²) in [6.07, 6.45) is 7.20. The highest BCUT2D eigenvalue weighted by Gasteiger charge is 2.11. The smallest absolute Gasteiger partial charge is 0.0248 e. The highest BCUT2D eigenvalue weighted by atomic mass is 15.1. The van der Waals surface area contributed by atoms with Crippen LogP contribution in [0.4, 0.5) is 0 Å². The fourth-order valence-electron chi connectivity index (χ4n) is 1.98. The normalized spacial score (nSPS) is 18.2. The molecule has 1 saturated heterocycles. The molecule has 1 fully saturated rings. The summed E-state index contributed by atoms with van der Waals surface area (Å²) in [7, 11) is 0. The molecule has 13 heavy (non-hydrogen) atoms. The molecule has 1 aliphatic rings. The summed E-state index contributed by atoms with van der Waals surface area (Å²) < 4.78 is 2.24. The van der Waals surface area contributed by atoms with E-state index in [4.69, 9.17) is 0 Å². The first-order valence-electron chi connectivity index (χ1n) is 5.25. The third kappa shape index (κ3) is 2.13. The van der Waals surface area contributed by atoms with Gasteiger partial charge in [-0.1, -0.05) is 0 Å². The van der Waals surface area contributed by atoms with Crippen molar-refractivity contribution in [2.24, 2.45) is 0 Å². The van der Waals surface area contributed by atoms with Crippen molar-refractivity contribution < 1.29 is 0 Å². The average molecular weight is 178 g/mol. The maximum atomic E-state index is 2.54. The third-order valence-corrected chi connectivity index (χ3v) is 2.78. The molecule has 2 heterocycles. The summed E-state index contributed by atoms with van der Waals surface area (Å²) in [5.41, 5.74) is 1.46. The standard InChI is InChI=1S/C11H18N2/c1-2-12-8-5-11(9-12)10-13-6-3-4-7-13/h5,8-9H,2-4,6-7,10H2,1H3. The molecule has 1 aliphatic heterocycles. The number of aromatic nitrogens is 1. The first kappa shape index (κ1) is 8.82. The minimum absolute atomic E-state index is 1.08. The van der Waals surface area contributed by atoms with E-state index >= 15 is 0 Å². The van der Waals surface area contributed by atoms with Gasteiger partial charge < -0.3 is 4.57 Å². The predicted octanol–water partition coefficient (Wildman–Crippen LogP) is 2.10. The molecule has 0 spiro atoms. The maximum absolute atomic E-state index is 2.54. The van der Waals surface area contributed by atoms with Crippen molar-refractivity contribution in [2.75, 3.05) is 13.1 Å². The van der Waals surface area contributed by atoms with Crippen molar-refractivity contribution in [3.8, 4) is 0 Å². The van der Waals surface area contributed by atoms with Crippen molar-refractivity contribution in [2.45, 2.75) is 32.9 Å². The molecule has 2 nitrogen and oxygen atoms in total. The highest BCUT2D eigenvalue weighted by Crippen LogP contribution is 2.12. The van der Waals surface area contributed by atoms with Crippen LogP contribution in [0.3, 0.4) is 0 Å². The number of likely N-dealkylation sites (tertiary alicyclic amines) is 1. The molecule has 0 unspecified atom stereocenters. The van der Waals surface area contributed by atoms with Crippen LogP contribution < -0.4 is 0 Å². The molecule has 0 aliphatic carbocycles. The van der Waals surface area contributed by atoms with Gasteiger partial charge in [-0.25, -0.2) is 0 Å². The van der Waals surface area contributed by atoms with E-state index in [0.29, 0.717) is 0 Å². The van der Waals surface area contributed by atoms with Crippen molar-refractivity contribution in [1.29, 1.82) is 0 Å². The second kappa shape index (κ2) is 3.97. The summed E-state index contributed by atoms with van der Waals surface area (Å²) in [5.74, 6) is 0. The molecule has 1 aromatic rings. The first-order chi connectivity index (χ1) is 6.38. The van der Waals surface area contributed by atoms with Crippen LogP contribution in [0.25, 0.3) is 0 Å². The fourth-order valence-corrected chi connectivity index (χ4v) is 1.98. The van der Waals surface area contributed by atoms with Gasteiger partial charge in [0.1, 0.15) is 0 Å². The van der Waals surface area contributed by atoms with Gasteiger partial charge in [-0.15, -0.1) is 0 Å². The van der Waals surface area contributed by atoms with Gasteiger partial charge in [0.2, 0.25) is 0 Å². The van der Waals surface area contributed by atoms with Crippen molar-refractivity contribution in [1.82, 2.24) is 9.47 Å². The van der Waals surface area contributed by atoms with Gasteiger partial charge in [0.15, 0.2) is 0 Å². The van der Waals surface area contributed by atoms with Gasteiger partial charge in [-0.2, -0.15) is 0 Å². The first-order valence-corrected chi connectivity index (χ1v) is 5.25. The van der Waals surface area contributed by atoms with E-state index < -0.39 is 0 Å². The van der Waals surface area contributed by atoms with Crippen LogP contribution in [-0.2, 0) is 13.1 Å². The number of nitrogens with zero attached hydrogens (tertiary/aromatic N) is 2. The Hall–Kier alpha value is -0.760. The maximum Gasteiger partial charge on any atom is 0.0248 e. The van der Waals surface area contributed by atoms with Gasteiger partial charge in [0.25, 0.3) is 0 Å². The molecule has 0 N–H and O–H groups in total. The van der Waals surface area contributed by atoms with Gasteiger partial charge in [-0.3, -0.25) is 4.90 Å². The van der Waals surface area contributed by atoms with Crippen LogP contribution in [0.2, 0.25) is 0 Å². The summed E-state index contributed by atoms with van der Waals surface area (Å²) >= 11 is 0. The molecule has 2 rings (SSSR count). The zero-order chi connectivity index (χ0) is 9.10. The quantitative estimate of drug-likeness (QED) is 0.688. The lowest BCUT2D eigenvalue weighted by Gasteiger charge is -2.12. The van der Waals surface area contributed by atoms with Gasteiger partial charge in [-0.05, 0) is 44.5 Å². The van der Waals surface area contributed by atoms with Crippen LogP contribution in [0.1, 0.15) is 25.3 Å². The second-order valence-corrected chi connectivity index (χ2v) is 3.83. The van der Waals surface area contributed by atoms with E-state index in [2.05, 4.69) is 34.9 Å². The molecule has 0 saturated carbocycles. The summed E-state index contributed by atoms with van der Waals surface area (Å²) in [6, 6.07) is 2.24. The highest BCUT2D eigenvalue weighted by molar-refractivity contribution is 5.10. The molecular formula is C11H18N2. The molecule has 1 aromatic heterocycles. The van der Waals surface area contributed by atoms with E-state index in [0.717, 1.165) is 13.1 Å². The van der Waals surface area contributed by atoms with Crippen LogP contribution in [0.15, 0.2) is 18.5 Å². The molecule has 72 valence electrons. The Bertz CT molecular complexity index is 259. The summed E-state index contributed by atoms with van der Waals surface area (Å²) in [6.45, 7) is 6.99. The lowest BCUT2D eigenvalue weighted by Crippen LogP contribution is -2.17. The van der Waals surface area contributed by atoms with E-state index in [1.54, 1.807) is 0 Å². The largest absolute Gasteiger partial charge is 0.354 e. The molecule has 0 bridgehead atoms. The van der Waals surface area contributed by atoms with E-state index in [1.807, 2.05) is 0 Å². The fraction of sp³-hybridized carbons (Fsp3) is 0.636. The number of aryl methyl sites for hydroxylation is 1. The summed E-state index contributed by atoms with van der Waals surface area (Å²) in [4.78, 5) is 2.54. The SMILES string of the molecule is CCn1ccc(CN2CCCC2)c1. The Morgan fingerprint density at radius 2 is 2.08 bits per heavy atom. The van der Waals surface area contributed by atoms with E-state index in [-0.39, 0.29) is 0 Å². The molecule has 0 radical (unpaired) electrons. The molecule has 0 atom stereocenters. The molecule has 0 amide bonds. The zero-order valence-electron chi connectivity index (χ0n) is 8.37. The Morgan fingerprint density at radius 3 is 2.69 bits per heavy atom. The predicted molar refractivity (Wildman–Crippen MR) is 54.6 cm³/mol. The van der Waals surface area contributed by atoms with Crippen LogP contribution in [0.5, 0.6) is 0 Å². The van der Waals surface area contributed by atoms with Gasteiger partial charge >= 0.3 is 0 Å². The Labute approximate surface area is 80.2 Å². The lowest BCUT2D eigenvalue weighted by molar-refractivity contribution is 0.331. The van der Waals surface area contributed by atoms with E-state index in [9.17, 15) is 0 Å². The Kier molecular flexibility index (Phi) is 2.69. The number of hydrogen-bond acceptors (Lipinski definition) is 1. The Morgan fingerprint density at radius 1 is 1.31 bits per heavy atom. The van der Waals surface area contributed by atoms with Gasteiger partial charge in [0, 0.05) is 25.5 Å². The van der Waals surface area contributed by atoms with E-state index in [1.165, 1.54) is 31.5 Å². The minimum atomic E-state index is 1.08. The topological polar surface area (TPSA) is 8.17 Å². The second-order valence-electron chi connectivity index (χ2n) is 3.83. The van der Waals surface area contributed by atoms with Crippen molar-refractivity contribution in [3.05, 3.63) is 24.0 Å². The third-order valence-electron chi connectivity index (χ3n) is 2.78. The number of hydrogen-bond donors (Lipinski definition) is 0.